The number of amides is 2. The van der Waals surface area contributed by atoms with Crippen LogP contribution in [0.2, 0.25) is 0 Å². The molecule has 2 aliphatic heterocycles. The van der Waals surface area contributed by atoms with Crippen molar-refractivity contribution in [2.24, 2.45) is 5.92 Å². The number of hydrogen-bond donors (Lipinski definition) is 0. The number of thiophene rings is 1. The van der Waals surface area contributed by atoms with Gasteiger partial charge in [0.25, 0.3) is 5.56 Å². The lowest BCUT2D eigenvalue weighted by Gasteiger charge is -2.34. The van der Waals surface area contributed by atoms with Gasteiger partial charge in [-0.25, -0.2) is 4.98 Å². The standard InChI is InChI=1S/C20H26N4O3S/c1-4-15-12(2)28-18-17(15)20(27)24(11-21-18)14-5-7-23(8-6-14)19(26)13-9-16(25)22(3)10-13/h11,13-14H,4-10H2,1-3H3/t13-/m1/s1. The molecule has 4 rings (SSSR count). The number of carbonyl (C=O) groups excluding carboxylic acids is 2. The summed E-state index contributed by atoms with van der Waals surface area (Å²) in [7, 11) is 1.74. The van der Waals surface area contributed by atoms with Gasteiger partial charge in [-0.15, -0.1) is 11.3 Å². The molecular formula is C20H26N4O3S. The van der Waals surface area contributed by atoms with E-state index in [0.717, 1.165) is 39.9 Å². The van der Waals surface area contributed by atoms with Crippen LogP contribution in [0.3, 0.4) is 0 Å². The summed E-state index contributed by atoms with van der Waals surface area (Å²) in [4.78, 5) is 47.6. The second-order valence-electron chi connectivity index (χ2n) is 7.86. The fourth-order valence-corrected chi connectivity index (χ4v) is 5.58. The van der Waals surface area contributed by atoms with Crippen LogP contribution in [0.15, 0.2) is 11.1 Å². The highest BCUT2D eigenvalue weighted by Gasteiger charge is 2.36. The van der Waals surface area contributed by atoms with Crippen molar-refractivity contribution in [3.8, 4) is 0 Å². The van der Waals surface area contributed by atoms with E-state index in [1.165, 1.54) is 0 Å². The van der Waals surface area contributed by atoms with Crippen LogP contribution in [0.1, 0.15) is 42.7 Å². The molecule has 0 N–H and O–H groups in total. The maximum atomic E-state index is 13.1. The Balaban J connectivity index is 1.50. The minimum absolute atomic E-state index is 0.0388. The van der Waals surface area contributed by atoms with E-state index < -0.39 is 0 Å². The zero-order chi connectivity index (χ0) is 20.0. The second kappa shape index (κ2) is 7.31. The van der Waals surface area contributed by atoms with Crippen LogP contribution < -0.4 is 5.56 Å². The van der Waals surface area contributed by atoms with Gasteiger partial charge in [-0.2, -0.15) is 0 Å². The summed E-state index contributed by atoms with van der Waals surface area (Å²) in [5.41, 5.74) is 1.15. The molecule has 0 unspecified atom stereocenters. The van der Waals surface area contributed by atoms with E-state index in [2.05, 4.69) is 11.9 Å². The molecular weight excluding hydrogens is 376 g/mol. The summed E-state index contributed by atoms with van der Waals surface area (Å²) in [5, 5.41) is 0.763. The Bertz CT molecular complexity index is 987. The third kappa shape index (κ3) is 3.13. The summed E-state index contributed by atoms with van der Waals surface area (Å²) in [6.07, 6.45) is 4.29. The average molecular weight is 403 g/mol. The Kier molecular flexibility index (Phi) is 4.99. The predicted octanol–water partition coefficient (Wildman–Crippen LogP) is 1.97. The third-order valence-corrected chi connectivity index (χ3v) is 7.21. The number of rotatable bonds is 3. The third-order valence-electron chi connectivity index (χ3n) is 6.15. The molecule has 8 heteroatoms. The maximum Gasteiger partial charge on any atom is 0.262 e. The number of nitrogens with zero attached hydrogens (tertiary/aromatic N) is 4. The zero-order valence-corrected chi connectivity index (χ0v) is 17.4. The lowest BCUT2D eigenvalue weighted by Crippen LogP contribution is -2.43. The highest BCUT2D eigenvalue weighted by atomic mass is 32.1. The van der Waals surface area contributed by atoms with Gasteiger partial charge in [0.1, 0.15) is 4.83 Å². The Morgan fingerprint density at radius 1 is 1.29 bits per heavy atom. The molecule has 0 spiro atoms. The van der Waals surface area contributed by atoms with Crippen molar-refractivity contribution in [3.05, 3.63) is 27.1 Å². The molecule has 28 heavy (non-hydrogen) atoms. The van der Waals surface area contributed by atoms with Crippen molar-refractivity contribution in [1.29, 1.82) is 0 Å². The van der Waals surface area contributed by atoms with Crippen LogP contribution in [0.25, 0.3) is 10.2 Å². The summed E-state index contributed by atoms with van der Waals surface area (Å²) in [5.74, 6) is -0.119. The fourth-order valence-electron chi connectivity index (χ4n) is 4.51. The molecule has 2 fully saturated rings. The van der Waals surface area contributed by atoms with Crippen molar-refractivity contribution in [1.82, 2.24) is 19.4 Å². The van der Waals surface area contributed by atoms with Gasteiger partial charge in [0, 0.05) is 44.0 Å². The van der Waals surface area contributed by atoms with Crippen molar-refractivity contribution in [2.75, 3.05) is 26.7 Å². The summed E-state index contributed by atoms with van der Waals surface area (Å²) >= 11 is 1.58. The first-order valence-corrected chi connectivity index (χ1v) is 10.7. The molecule has 0 bridgehead atoms. The number of hydrogen-bond acceptors (Lipinski definition) is 5. The topological polar surface area (TPSA) is 75.5 Å². The lowest BCUT2D eigenvalue weighted by atomic mass is 10.0. The molecule has 2 aromatic heterocycles. The molecule has 7 nitrogen and oxygen atoms in total. The van der Waals surface area contributed by atoms with E-state index in [1.807, 2.05) is 11.8 Å². The molecule has 2 aromatic rings. The van der Waals surface area contributed by atoms with Crippen molar-refractivity contribution in [3.63, 3.8) is 0 Å². The van der Waals surface area contributed by atoms with Crippen molar-refractivity contribution < 1.29 is 9.59 Å². The Morgan fingerprint density at radius 2 is 2.00 bits per heavy atom. The Morgan fingerprint density at radius 3 is 2.61 bits per heavy atom. The number of fused-ring (bicyclic) bond motifs is 1. The number of carbonyl (C=O) groups is 2. The van der Waals surface area contributed by atoms with Crippen LogP contribution in [0.4, 0.5) is 0 Å². The summed E-state index contributed by atoms with van der Waals surface area (Å²) in [6.45, 7) is 5.86. The molecule has 1 atom stereocenters. The minimum Gasteiger partial charge on any atom is -0.345 e. The molecule has 0 aromatic carbocycles. The van der Waals surface area contributed by atoms with Crippen LogP contribution in [-0.4, -0.2) is 57.8 Å². The van der Waals surface area contributed by atoms with Gasteiger partial charge in [0.05, 0.1) is 17.6 Å². The van der Waals surface area contributed by atoms with Gasteiger partial charge in [-0.05, 0) is 31.7 Å². The SMILES string of the molecule is CCc1c(C)sc2ncn(C3CCN(C(=O)[C@@H]4CC(=O)N(C)C4)CC3)c(=O)c12. The van der Waals surface area contributed by atoms with E-state index in [-0.39, 0.29) is 29.3 Å². The molecule has 0 radical (unpaired) electrons. The maximum absolute atomic E-state index is 13.1. The first-order valence-electron chi connectivity index (χ1n) is 9.92. The Labute approximate surface area is 168 Å². The monoisotopic (exact) mass is 402 g/mol. The van der Waals surface area contributed by atoms with E-state index in [9.17, 15) is 14.4 Å². The van der Waals surface area contributed by atoms with Gasteiger partial charge < -0.3 is 9.80 Å². The second-order valence-corrected chi connectivity index (χ2v) is 9.06. The number of aryl methyl sites for hydroxylation is 2. The molecule has 2 amide bonds. The predicted molar refractivity (Wildman–Crippen MR) is 109 cm³/mol. The minimum atomic E-state index is -0.226. The zero-order valence-electron chi connectivity index (χ0n) is 16.6. The smallest absolute Gasteiger partial charge is 0.262 e. The molecule has 0 saturated carbocycles. The van der Waals surface area contributed by atoms with Crippen LogP contribution in [0.5, 0.6) is 0 Å². The van der Waals surface area contributed by atoms with Gasteiger partial charge >= 0.3 is 0 Å². The van der Waals surface area contributed by atoms with Gasteiger partial charge in [0.15, 0.2) is 0 Å². The molecule has 2 aliphatic rings. The van der Waals surface area contributed by atoms with Crippen LogP contribution >= 0.6 is 11.3 Å². The first kappa shape index (κ1) is 19.1. The van der Waals surface area contributed by atoms with Gasteiger partial charge in [-0.3, -0.25) is 19.0 Å². The Hall–Kier alpha value is -2.22. The summed E-state index contributed by atoms with van der Waals surface area (Å²) < 4.78 is 1.77. The van der Waals surface area contributed by atoms with Crippen LogP contribution in [0, 0.1) is 12.8 Å². The van der Waals surface area contributed by atoms with E-state index in [1.54, 1.807) is 34.2 Å². The number of aromatic nitrogens is 2. The van der Waals surface area contributed by atoms with Gasteiger partial charge in [0.2, 0.25) is 11.8 Å². The quantitative estimate of drug-likeness (QED) is 0.787. The highest BCUT2D eigenvalue weighted by Crippen LogP contribution is 2.29. The largest absolute Gasteiger partial charge is 0.345 e. The van der Waals surface area contributed by atoms with Crippen LogP contribution in [-0.2, 0) is 16.0 Å². The number of likely N-dealkylation sites (tertiary alicyclic amines) is 2. The van der Waals surface area contributed by atoms with Crippen molar-refractivity contribution >= 4 is 33.4 Å². The number of piperidine rings is 1. The summed E-state index contributed by atoms with van der Waals surface area (Å²) in [6, 6.07) is 0.0613. The molecule has 150 valence electrons. The normalized spacial score (nSPS) is 21.1. The van der Waals surface area contributed by atoms with E-state index in [4.69, 9.17) is 0 Å². The molecule has 0 aliphatic carbocycles. The molecule has 2 saturated heterocycles. The van der Waals surface area contributed by atoms with Gasteiger partial charge in [-0.1, -0.05) is 6.92 Å². The lowest BCUT2D eigenvalue weighted by molar-refractivity contribution is -0.137. The van der Waals surface area contributed by atoms with Crippen molar-refractivity contribution in [2.45, 2.75) is 45.6 Å². The highest BCUT2D eigenvalue weighted by molar-refractivity contribution is 7.18. The van der Waals surface area contributed by atoms with E-state index >= 15 is 0 Å². The first-order chi connectivity index (χ1) is 13.4. The van der Waals surface area contributed by atoms with E-state index in [0.29, 0.717) is 26.1 Å². The average Bonchev–Trinajstić information content (AvgIpc) is 3.20. The molecule has 4 heterocycles. The fraction of sp³-hybridized carbons (Fsp3) is 0.600.